The lowest BCUT2D eigenvalue weighted by Crippen LogP contribution is -2.30. The number of hydrogen-bond acceptors (Lipinski definition) is 3. The number of imidazole rings is 1. The minimum atomic E-state index is -0.579. The monoisotopic (exact) mass is 331 g/mol. The first kappa shape index (κ1) is 16.0. The molecule has 0 spiro atoms. The van der Waals surface area contributed by atoms with Crippen LogP contribution in [-0.2, 0) is 17.8 Å². The zero-order valence-corrected chi connectivity index (χ0v) is 13.0. The topological polar surface area (TPSA) is 88.1 Å². The lowest BCUT2D eigenvalue weighted by Gasteiger charge is -2.18. The number of aryl methyl sites for hydroxylation is 2. The summed E-state index contributed by atoms with van der Waals surface area (Å²) in [7, 11) is 0. The Morgan fingerprint density at radius 2 is 2.25 bits per heavy atom. The first-order valence-corrected chi connectivity index (χ1v) is 7.74. The van der Waals surface area contributed by atoms with E-state index in [0.717, 1.165) is 18.5 Å². The SMILES string of the molecule is O=C1CCc2cc(NC(=O)NCCCn3ccnc3)c(F)cc2N1. The van der Waals surface area contributed by atoms with Crippen LogP contribution in [0.2, 0.25) is 0 Å². The first-order chi connectivity index (χ1) is 11.6. The van der Waals surface area contributed by atoms with E-state index in [1.54, 1.807) is 18.6 Å². The largest absolute Gasteiger partial charge is 0.338 e. The molecule has 1 aromatic carbocycles. The molecule has 1 aliphatic rings. The van der Waals surface area contributed by atoms with Crippen molar-refractivity contribution in [3.8, 4) is 0 Å². The molecule has 0 saturated carbocycles. The summed E-state index contributed by atoms with van der Waals surface area (Å²) in [6, 6.07) is 2.34. The lowest BCUT2D eigenvalue weighted by molar-refractivity contribution is -0.116. The quantitative estimate of drug-likeness (QED) is 0.733. The van der Waals surface area contributed by atoms with Gasteiger partial charge in [-0.25, -0.2) is 14.2 Å². The van der Waals surface area contributed by atoms with Crippen LogP contribution in [0.15, 0.2) is 30.9 Å². The molecule has 1 aliphatic heterocycles. The Morgan fingerprint density at radius 1 is 1.38 bits per heavy atom. The summed E-state index contributed by atoms with van der Waals surface area (Å²) >= 11 is 0. The molecule has 0 aliphatic carbocycles. The zero-order chi connectivity index (χ0) is 16.9. The molecule has 0 fully saturated rings. The normalized spacial score (nSPS) is 13.1. The first-order valence-electron chi connectivity index (χ1n) is 7.74. The molecular formula is C16H18FN5O2. The molecule has 8 heteroatoms. The van der Waals surface area contributed by atoms with Crippen LogP contribution in [0.5, 0.6) is 0 Å². The number of benzene rings is 1. The molecule has 2 aromatic rings. The minimum absolute atomic E-state index is 0.108. The van der Waals surface area contributed by atoms with Crippen LogP contribution in [0, 0.1) is 5.82 Å². The molecule has 0 bridgehead atoms. The maximum absolute atomic E-state index is 14.0. The highest BCUT2D eigenvalue weighted by Gasteiger charge is 2.18. The average Bonchev–Trinajstić information content (AvgIpc) is 3.06. The van der Waals surface area contributed by atoms with E-state index < -0.39 is 11.8 Å². The van der Waals surface area contributed by atoms with E-state index in [9.17, 15) is 14.0 Å². The number of carbonyl (C=O) groups excluding carboxylic acids is 2. The number of hydrogen-bond donors (Lipinski definition) is 3. The second-order valence-corrected chi connectivity index (χ2v) is 5.57. The lowest BCUT2D eigenvalue weighted by atomic mass is 10.0. The summed E-state index contributed by atoms with van der Waals surface area (Å²) in [5.74, 6) is -0.706. The van der Waals surface area contributed by atoms with Gasteiger partial charge in [0.05, 0.1) is 12.0 Å². The summed E-state index contributed by atoms with van der Waals surface area (Å²) in [6.07, 6.45) is 6.88. The number of aromatic nitrogens is 2. The summed E-state index contributed by atoms with van der Waals surface area (Å²) in [6.45, 7) is 1.21. The number of rotatable bonds is 5. The Hall–Kier alpha value is -2.90. The van der Waals surface area contributed by atoms with Crippen LogP contribution in [0.3, 0.4) is 0 Å². The molecule has 7 nitrogen and oxygen atoms in total. The van der Waals surface area contributed by atoms with Crippen LogP contribution < -0.4 is 16.0 Å². The van der Waals surface area contributed by atoms with E-state index in [4.69, 9.17) is 0 Å². The van der Waals surface area contributed by atoms with Gasteiger partial charge >= 0.3 is 6.03 Å². The van der Waals surface area contributed by atoms with Gasteiger partial charge in [-0.15, -0.1) is 0 Å². The van der Waals surface area contributed by atoms with Crippen molar-refractivity contribution >= 4 is 23.3 Å². The maximum atomic E-state index is 14.0. The molecule has 0 radical (unpaired) electrons. The molecule has 24 heavy (non-hydrogen) atoms. The zero-order valence-electron chi connectivity index (χ0n) is 13.0. The van der Waals surface area contributed by atoms with Crippen molar-refractivity contribution in [3.63, 3.8) is 0 Å². The fraction of sp³-hybridized carbons (Fsp3) is 0.312. The van der Waals surface area contributed by atoms with Crippen LogP contribution >= 0.6 is 0 Å². The Balaban J connectivity index is 1.51. The Morgan fingerprint density at radius 3 is 3.04 bits per heavy atom. The number of carbonyl (C=O) groups is 2. The van der Waals surface area contributed by atoms with E-state index in [1.165, 1.54) is 6.07 Å². The highest BCUT2D eigenvalue weighted by molar-refractivity contribution is 5.95. The number of urea groups is 1. The molecule has 0 unspecified atom stereocenters. The van der Waals surface area contributed by atoms with Crippen molar-refractivity contribution in [1.82, 2.24) is 14.9 Å². The Labute approximate surface area is 138 Å². The van der Waals surface area contributed by atoms with Crippen molar-refractivity contribution < 1.29 is 14.0 Å². The summed E-state index contributed by atoms with van der Waals surface area (Å²) in [5, 5.41) is 7.82. The fourth-order valence-corrected chi connectivity index (χ4v) is 2.55. The number of anilines is 2. The second-order valence-electron chi connectivity index (χ2n) is 5.57. The third-order valence-corrected chi connectivity index (χ3v) is 3.77. The van der Waals surface area contributed by atoms with Gasteiger partial charge in [0.2, 0.25) is 5.91 Å². The standard InChI is InChI=1S/C16H18FN5O2/c17-12-9-13-11(2-3-15(23)20-13)8-14(12)21-16(24)19-4-1-6-22-7-5-18-10-22/h5,7-10H,1-4,6H2,(H,20,23)(H2,19,21,24). The van der Waals surface area contributed by atoms with Gasteiger partial charge in [0, 0.05) is 37.6 Å². The summed E-state index contributed by atoms with van der Waals surface area (Å²) < 4.78 is 15.9. The van der Waals surface area contributed by atoms with E-state index >= 15 is 0 Å². The molecule has 2 heterocycles. The van der Waals surface area contributed by atoms with Gasteiger partial charge < -0.3 is 20.5 Å². The van der Waals surface area contributed by atoms with Gasteiger partial charge in [-0.3, -0.25) is 4.79 Å². The summed E-state index contributed by atoms with van der Waals surface area (Å²) in [5.41, 5.74) is 1.39. The second kappa shape index (κ2) is 7.12. The smallest absolute Gasteiger partial charge is 0.319 e. The van der Waals surface area contributed by atoms with Gasteiger partial charge in [-0.05, 0) is 30.5 Å². The van der Waals surface area contributed by atoms with Gasteiger partial charge in [-0.1, -0.05) is 0 Å². The number of nitrogens with one attached hydrogen (secondary N) is 3. The van der Waals surface area contributed by atoms with Crippen LogP contribution in [0.1, 0.15) is 18.4 Å². The van der Waals surface area contributed by atoms with E-state index in [2.05, 4.69) is 20.9 Å². The van der Waals surface area contributed by atoms with Gasteiger partial charge in [-0.2, -0.15) is 0 Å². The van der Waals surface area contributed by atoms with Crippen LogP contribution in [-0.4, -0.2) is 28.0 Å². The molecule has 3 rings (SSSR count). The fourth-order valence-electron chi connectivity index (χ4n) is 2.55. The molecule has 126 valence electrons. The van der Waals surface area contributed by atoms with Crippen molar-refractivity contribution in [1.29, 1.82) is 0 Å². The number of amides is 3. The van der Waals surface area contributed by atoms with Crippen LogP contribution in [0.4, 0.5) is 20.6 Å². The van der Waals surface area contributed by atoms with Gasteiger partial charge in [0.1, 0.15) is 5.82 Å². The van der Waals surface area contributed by atoms with Crippen molar-refractivity contribution in [2.24, 2.45) is 0 Å². The Kier molecular flexibility index (Phi) is 4.74. The predicted octanol–water partition coefficient (Wildman–Crippen LogP) is 2.12. The third kappa shape index (κ3) is 3.89. The van der Waals surface area contributed by atoms with Crippen molar-refractivity contribution in [2.75, 3.05) is 17.2 Å². The highest BCUT2D eigenvalue weighted by Crippen LogP contribution is 2.28. The Bertz CT molecular complexity index is 745. The molecular weight excluding hydrogens is 313 g/mol. The maximum Gasteiger partial charge on any atom is 0.319 e. The van der Waals surface area contributed by atoms with Crippen molar-refractivity contribution in [2.45, 2.75) is 25.8 Å². The molecule has 0 saturated heterocycles. The average molecular weight is 331 g/mol. The summed E-state index contributed by atoms with van der Waals surface area (Å²) in [4.78, 5) is 27.1. The van der Waals surface area contributed by atoms with E-state index in [-0.39, 0.29) is 11.6 Å². The van der Waals surface area contributed by atoms with E-state index in [0.29, 0.717) is 25.1 Å². The van der Waals surface area contributed by atoms with Gasteiger partial charge in [0.25, 0.3) is 0 Å². The molecule has 0 atom stereocenters. The molecule has 3 amide bonds. The highest BCUT2D eigenvalue weighted by atomic mass is 19.1. The number of fused-ring (bicyclic) bond motifs is 1. The minimum Gasteiger partial charge on any atom is -0.338 e. The van der Waals surface area contributed by atoms with Crippen molar-refractivity contribution in [3.05, 3.63) is 42.2 Å². The van der Waals surface area contributed by atoms with Crippen LogP contribution in [0.25, 0.3) is 0 Å². The number of nitrogens with zero attached hydrogens (tertiary/aromatic N) is 2. The van der Waals surface area contributed by atoms with Gasteiger partial charge in [0.15, 0.2) is 0 Å². The third-order valence-electron chi connectivity index (χ3n) is 3.77. The predicted molar refractivity (Wildman–Crippen MR) is 87.2 cm³/mol. The van der Waals surface area contributed by atoms with E-state index in [1.807, 2.05) is 10.8 Å². The molecule has 3 N–H and O–H groups in total. The number of halogens is 1. The molecule has 1 aromatic heterocycles.